The highest BCUT2D eigenvalue weighted by Crippen LogP contribution is 2.38. The smallest absolute Gasteiger partial charge is 0.339 e. The highest BCUT2D eigenvalue weighted by molar-refractivity contribution is 7.87. The lowest BCUT2D eigenvalue weighted by atomic mass is 10.1. The van der Waals surface area contributed by atoms with Crippen molar-refractivity contribution in [2.75, 3.05) is 6.61 Å². The maximum Gasteiger partial charge on any atom is 0.339 e. The van der Waals surface area contributed by atoms with E-state index < -0.39 is 10.1 Å². The lowest BCUT2D eigenvalue weighted by Gasteiger charge is -2.14. The van der Waals surface area contributed by atoms with E-state index in [1.165, 1.54) is 29.8 Å². The summed E-state index contributed by atoms with van der Waals surface area (Å²) < 4.78 is 36.2. The van der Waals surface area contributed by atoms with Crippen molar-refractivity contribution in [3.63, 3.8) is 0 Å². The van der Waals surface area contributed by atoms with Crippen molar-refractivity contribution in [2.24, 2.45) is 4.99 Å². The van der Waals surface area contributed by atoms with Crippen molar-refractivity contribution in [3.8, 4) is 11.5 Å². The van der Waals surface area contributed by atoms with Gasteiger partial charge < -0.3 is 8.92 Å². The van der Waals surface area contributed by atoms with Gasteiger partial charge >= 0.3 is 10.1 Å². The topological polar surface area (TPSA) is 65.0 Å². The fourth-order valence-corrected chi connectivity index (χ4v) is 4.11. The van der Waals surface area contributed by atoms with E-state index in [1.807, 2.05) is 32.0 Å². The van der Waals surface area contributed by atoms with Crippen molar-refractivity contribution in [1.82, 2.24) is 0 Å². The number of ether oxygens (including phenoxy) is 1. The molecule has 0 aliphatic carbocycles. The van der Waals surface area contributed by atoms with E-state index in [1.54, 1.807) is 25.3 Å². The molecule has 8 heteroatoms. The molecule has 0 radical (unpaired) electrons. The summed E-state index contributed by atoms with van der Waals surface area (Å²) in [4.78, 5) is 4.42. The minimum atomic E-state index is -4.13. The minimum Gasteiger partial charge on any atom is -0.490 e. The summed E-state index contributed by atoms with van der Waals surface area (Å²) in [5.41, 5.74) is 3.76. The van der Waals surface area contributed by atoms with Crippen LogP contribution in [0.1, 0.15) is 23.6 Å². The minimum absolute atomic E-state index is 0.0456. The van der Waals surface area contributed by atoms with Gasteiger partial charge in [0.1, 0.15) is 4.90 Å². The van der Waals surface area contributed by atoms with Crippen LogP contribution in [0.2, 0.25) is 10.0 Å². The van der Waals surface area contributed by atoms with Crippen molar-refractivity contribution < 1.29 is 17.3 Å². The first kappa shape index (κ1) is 23.1. The highest BCUT2D eigenvalue weighted by Gasteiger charge is 2.22. The number of rotatable bonds is 7. The Kier molecular flexibility index (Phi) is 7.26. The van der Waals surface area contributed by atoms with Crippen LogP contribution in [0.5, 0.6) is 11.5 Å². The predicted octanol–water partition coefficient (Wildman–Crippen LogP) is 6.53. The molecule has 3 aromatic carbocycles. The van der Waals surface area contributed by atoms with Gasteiger partial charge in [0.25, 0.3) is 0 Å². The Balaban J connectivity index is 1.93. The van der Waals surface area contributed by atoms with Gasteiger partial charge in [-0.2, -0.15) is 8.42 Å². The second-order valence-electron chi connectivity index (χ2n) is 6.78. The number of benzene rings is 3. The number of nitrogens with zero attached hydrogens (tertiary/aromatic N) is 1. The van der Waals surface area contributed by atoms with E-state index in [9.17, 15) is 8.42 Å². The fourth-order valence-electron chi connectivity index (χ4n) is 2.72. The molecule has 0 N–H and O–H groups in total. The van der Waals surface area contributed by atoms with Crippen LogP contribution in [0, 0.1) is 13.8 Å². The predicted molar refractivity (Wildman–Crippen MR) is 125 cm³/mol. The molecule has 0 aliphatic rings. The third-order valence-corrected chi connectivity index (χ3v) is 6.25. The van der Waals surface area contributed by atoms with Crippen LogP contribution in [-0.2, 0) is 10.1 Å². The third-order valence-electron chi connectivity index (χ3n) is 4.48. The maximum absolute atomic E-state index is 12.7. The van der Waals surface area contributed by atoms with Gasteiger partial charge in [0.2, 0.25) is 5.75 Å². The lowest BCUT2D eigenvalue weighted by molar-refractivity contribution is 0.327. The fraction of sp³-hybridized carbons (Fsp3) is 0.174. The summed E-state index contributed by atoms with van der Waals surface area (Å²) in [6, 6.07) is 14.7. The van der Waals surface area contributed by atoms with E-state index in [0.717, 1.165) is 11.3 Å². The van der Waals surface area contributed by atoms with Gasteiger partial charge in [0.15, 0.2) is 5.75 Å². The Morgan fingerprint density at radius 1 is 0.968 bits per heavy atom. The van der Waals surface area contributed by atoms with Gasteiger partial charge in [-0.25, -0.2) is 0 Å². The number of aliphatic imine (C=N–C) groups is 1. The summed E-state index contributed by atoms with van der Waals surface area (Å²) >= 11 is 12.2. The van der Waals surface area contributed by atoms with Gasteiger partial charge in [-0.05, 0) is 86.0 Å². The summed E-state index contributed by atoms with van der Waals surface area (Å²) in [6.07, 6.45) is 1.63. The van der Waals surface area contributed by atoms with E-state index in [2.05, 4.69) is 4.99 Å². The van der Waals surface area contributed by atoms with Crippen molar-refractivity contribution in [1.29, 1.82) is 0 Å². The molecule has 0 bridgehead atoms. The quantitative estimate of drug-likeness (QED) is 0.286. The molecular weight excluding hydrogens is 457 g/mol. The Bertz CT molecular complexity index is 1220. The summed E-state index contributed by atoms with van der Waals surface area (Å²) in [5.74, 6) is 0.121. The summed E-state index contributed by atoms with van der Waals surface area (Å²) in [5, 5.41) is 0.504. The SMILES string of the molecule is CCOc1cc(C=Nc2ccc(C)c(C)c2)cc(Cl)c1OS(=O)(=O)c1ccc(Cl)cc1. The molecular formula is C23H21Cl2NO4S. The summed E-state index contributed by atoms with van der Waals surface area (Å²) in [6.45, 7) is 6.13. The molecule has 0 saturated heterocycles. The lowest BCUT2D eigenvalue weighted by Crippen LogP contribution is -2.11. The largest absolute Gasteiger partial charge is 0.490 e. The van der Waals surface area contributed by atoms with Crippen LogP contribution < -0.4 is 8.92 Å². The van der Waals surface area contributed by atoms with Crippen LogP contribution in [0.4, 0.5) is 5.69 Å². The first-order valence-corrected chi connectivity index (χ1v) is 11.6. The van der Waals surface area contributed by atoms with E-state index in [0.29, 0.717) is 17.2 Å². The molecule has 0 heterocycles. The van der Waals surface area contributed by atoms with E-state index in [-0.39, 0.29) is 21.4 Å². The number of hydrogen-bond acceptors (Lipinski definition) is 5. The zero-order valence-corrected chi connectivity index (χ0v) is 19.6. The standard InChI is InChI=1S/C23H21Cl2NO4S/c1-4-29-22-13-17(14-26-19-8-5-15(2)16(3)11-19)12-21(25)23(22)30-31(27,28)20-9-6-18(24)7-10-20/h5-14H,4H2,1-3H3. The molecule has 162 valence electrons. The zero-order valence-electron chi connectivity index (χ0n) is 17.2. The van der Waals surface area contributed by atoms with Gasteiger partial charge in [-0.3, -0.25) is 4.99 Å². The zero-order chi connectivity index (χ0) is 22.6. The number of halogens is 2. The monoisotopic (exact) mass is 477 g/mol. The van der Waals surface area contributed by atoms with Crippen molar-refractivity contribution in [3.05, 3.63) is 81.3 Å². The molecule has 3 aromatic rings. The summed E-state index contributed by atoms with van der Waals surface area (Å²) in [7, 11) is -4.13. The maximum atomic E-state index is 12.7. The Morgan fingerprint density at radius 3 is 2.32 bits per heavy atom. The van der Waals surface area contributed by atoms with Crippen LogP contribution in [0.25, 0.3) is 0 Å². The molecule has 0 aromatic heterocycles. The second-order valence-corrected chi connectivity index (χ2v) is 9.17. The van der Waals surface area contributed by atoms with Crippen LogP contribution in [0.3, 0.4) is 0 Å². The Hall–Kier alpha value is -2.54. The van der Waals surface area contributed by atoms with E-state index in [4.69, 9.17) is 32.1 Å². The third kappa shape index (κ3) is 5.79. The average Bonchev–Trinajstić information content (AvgIpc) is 2.72. The van der Waals surface area contributed by atoms with Gasteiger partial charge in [-0.15, -0.1) is 0 Å². The number of aryl methyl sites for hydroxylation is 2. The molecule has 0 unspecified atom stereocenters. The second kappa shape index (κ2) is 9.73. The molecule has 5 nitrogen and oxygen atoms in total. The van der Waals surface area contributed by atoms with Gasteiger partial charge in [0, 0.05) is 11.2 Å². The first-order valence-electron chi connectivity index (χ1n) is 9.47. The van der Waals surface area contributed by atoms with Crippen LogP contribution >= 0.6 is 23.2 Å². The van der Waals surface area contributed by atoms with Crippen LogP contribution in [0.15, 0.2) is 64.5 Å². The molecule has 0 fully saturated rings. The molecule has 3 rings (SSSR count). The van der Waals surface area contributed by atoms with Gasteiger partial charge in [0.05, 0.1) is 17.3 Å². The Morgan fingerprint density at radius 2 is 1.68 bits per heavy atom. The number of hydrogen-bond donors (Lipinski definition) is 0. The molecule has 0 amide bonds. The molecule has 0 saturated carbocycles. The van der Waals surface area contributed by atoms with Crippen molar-refractivity contribution in [2.45, 2.75) is 25.7 Å². The normalized spacial score (nSPS) is 11.6. The average molecular weight is 478 g/mol. The Labute approximate surface area is 192 Å². The highest BCUT2D eigenvalue weighted by atomic mass is 35.5. The van der Waals surface area contributed by atoms with Gasteiger partial charge in [-0.1, -0.05) is 29.3 Å². The van der Waals surface area contributed by atoms with E-state index >= 15 is 0 Å². The molecule has 0 atom stereocenters. The molecule has 31 heavy (non-hydrogen) atoms. The molecule has 0 aliphatic heterocycles. The first-order chi connectivity index (χ1) is 14.7. The van der Waals surface area contributed by atoms with Crippen LogP contribution in [-0.4, -0.2) is 21.2 Å². The van der Waals surface area contributed by atoms with Crippen molar-refractivity contribution >= 4 is 45.2 Å². The molecule has 0 spiro atoms.